The molecule has 1 amide bonds. The Morgan fingerprint density at radius 2 is 2.20 bits per heavy atom. The van der Waals surface area contributed by atoms with E-state index in [0.717, 1.165) is 11.3 Å². The van der Waals surface area contributed by atoms with E-state index in [2.05, 4.69) is 15.2 Å². The first-order chi connectivity index (χ1) is 9.56. The smallest absolute Gasteiger partial charge is 0.293 e. The second-order valence-corrected chi connectivity index (χ2v) is 4.64. The van der Waals surface area contributed by atoms with Crippen LogP contribution in [0, 0.1) is 13.8 Å². The number of carbonyl (C=O) groups excluding carboxylic acids is 1. The van der Waals surface area contributed by atoms with Gasteiger partial charge in [-0.05, 0) is 31.5 Å². The van der Waals surface area contributed by atoms with Gasteiger partial charge in [0.25, 0.3) is 5.91 Å². The van der Waals surface area contributed by atoms with E-state index in [-0.39, 0.29) is 11.7 Å². The molecule has 0 saturated heterocycles. The molecule has 6 nitrogen and oxygen atoms in total. The molecular formula is C14H18N4O2. The highest BCUT2D eigenvalue weighted by atomic mass is 16.5. The predicted octanol–water partition coefficient (Wildman–Crippen LogP) is 1.57. The maximum absolute atomic E-state index is 12.0. The number of amides is 1. The van der Waals surface area contributed by atoms with Crippen LogP contribution in [-0.2, 0) is 0 Å². The van der Waals surface area contributed by atoms with E-state index >= 15 is 0 Å². The second kappa shape index (κ2) is 6.18. The summed E-state index contributed by atoms with van der Waals surface area (Å²) in [6, 6.07) is 7.80. The normalized spacial score (nSPS) is 10.3. The van der Waals surface area contributed by atoms with E-state index < -0.39 is 0 Å². The van der Waals surface area contributed by atoms with Crippen LogP contribution >= 0.6 is 0 Å². The first-order valence-corrected chi connectivity index (χ1v) is 6.40. The van der Waals surface area contributed by atoms with Crippen LogP contribution in [0.15, 0.2) is 24.3 Å². The molecular weight excluding hydrogens is 256 g/mol. The summed E-state index contributed by atoms with van der Waals surface area (Å²) >= 11 is 0. The molecule has 20 heavy (non-hydrogen) atoms. The Morgan fingerprint density at radius 1 is 1.40 bits per heavy atom. The van der Waals surface area contributed by atoms with Crippen molar-refractivity contribution in [2.45, 2.75) is 13.8 Å². The molecule has 6 heteroatoms. The molecule has 2 rings (SSSR count). The molecule has 106 valence electrons. The van der Waals surface area contributed by atoms with Crippen LogP contribution < -0.4 is 4.74 Å². The average Bonchev–Trinajstić information content (AvgIpc) is 2.84. The van der Waals surface area contributed by atoms with E-state index in [0.29, 0.717) is 19.0 Å². The van der Waals surface area contributed by atoms with Crippen molar-refractivity contribution in [1.29, 1.82) is 0 Å². The van der Waals surface area contributed by atoms with E-state index in [1.807, 2.05) is 31.2 Å². The molecule has 0 unspecified atom stereocenters. The molecule has 0 aliphatic carbocycles. The van der Waals surface area contributed by atoms with E-state index in [4.69, 9.17) is 4.74 Å². The Labute approximate surface area is 117 Å². The van der Waals surface area contributed by atoms with Gasteiger partial charge in [0.2, 0.25) is 5.82 Å². The molecule has 0 saturated carbocycles. The molecule has 0 aliphatic heterocycles. The number of aryl methyl sites for hydroxylation is 2. The monoisotopic (exact) mass is 274 g/mol. The molecule has 0 radical (unpaired) electrons. The second-order valence-electron chi connectivity index (χ2n) is 4.64. The highest BCUT2D eigenvalue weighted by Gasteiger charge is 2.16. The van der Waals surface area contributed by atoms with Crippen LogP contribution in [0.5, 0.6) is 5.75 Å². The molecule has 2 aromatic rings. The Morgan fingerprint density at radius 3 is 2.85 bits per heavy atom. The molecule has 0 atom stereocenters. The zero-order chi connectivity index (χ0) is 14.5. The fraction of sp³-hybridized carbons (Fsp3) is 0.357. The summed E-state index contributed by atoms with van der Waals surface area (Å²) in [6.45, 7) is 4.66. The molecule has 0 fully saturated rings. The number of nitrogens with zero attached hydrogens (tertiary/aromatic N) is 3. The zero-order valence-electron chi connectivity index (χ0n) is 11.9. The number of hydrogen-bond acceptors (Lipinski definition) is 4. The van der Waals surface area contributed by atoms with Crippen molar-refractivity contribution < 1.29 is 9.53 Å². The minimum absolute atomic E-state index is 0.181. The van der Waals surface area contributed by atoms with Gasteiger partial charge in [-0.3, -0.25) is 9.89 Å². The van der Waals surface area contributed by atoms with Gasteiger partial charge in [0.15, 0.2) is 0 Å². The first kappa shape index (κ1) is 14.0. The maximum atomic E-state index is 12.0. The van der Waals surface area contributed by atoms with Crippen LogP contribution in [0.3, 0.4) is 0 Å². The minimum atomic E-state index is -0.220. The lowest BCUT2D eigenvalue weighted by atomic mass is 10.2. The van der Waals surface area contributed by atoms with Crippen molar-refractivity contribution in [3.05, 3.63) is 41.5 Å². The van der Waals surface area contributed by atoms with Crippen molar-refractivity contribution in [3.63, 3.8) is 0 Å². The number of carbonyl (C=O) groups is 1. The SMILES string of the molecule is Cc1cccc(OCCN(C)C(=O)c2n[nH]c(C)n2)c1. The fourth-order valence-corrected chi connectivity index (χ4v) is 1.72. The highest BCUT2D eigenvalue weighted by Crippen LogP contribution is 2.12. The van der Waals surface area contributed by atoms with Gasteiger partial charge in [-0.1, -0.05) is 12.1 Å². The van der Waals surface area contributed by atoms with Gasteiger partial charge in [0, 0.05) is 7.05 Å². The minimum Gasteiger partial charge on any atom is -0.492 e. The van der Waals surface area contributed by atoms with Crippen molar-refractivity contribution >= 4 is 5.91 Å². The van der Waals surface area contributed by atoms with Gasteiger partial charge >= 0.3 is 0 Å². The van der Waals surface area contributed by atoms with Gasteiger partial charge in [0.1, 0.15) is 18.2 Å². The maximum Gasteiger partial charge on any atom is 0.293 e. The molecule has 1 heterocycles. The summed E-state index contributed by atoms with van der Waals surface area (Å²) in [5, 5.41) is 6.50. The third-order valence-electron chi connectivity index (χ3n) is 2.82. The summed E-state index contributed by atoms with van der Waals surface area (Å²) in [5.74, 6) is 1.39. The van der Waals surface area contributed by atoms with Gasteiger partial charge in [0.05, 0.1) is 6.54 Å². The quantitative estimate of drug-likeness (QED) is 0.898. The molecule has 1 aromatic carbocycles. The van der Waals surface area contributed by atoms with Crippen LogP contribution in [0.25, 0.3) is 0 Å². The van der Waals surface area contributed by atoms with Crippen LogP contribution in [0.4, 0.5) is 0 Å². The lowest BCUT2D eigenvalue weighted by molar-refractivity contribution is 0.0762. The Hall–Kier alpha value is -2.37. The number of ether oxygens (including phenoxy) is 1. The third kappa shape index (κ3) is 3.57. The third-order valence-corrected chi connectivity index (χ3v) is 2.82. The molecule has 0 bridgehead atoms. The number of likely N-dealkylation sites (N-methyl/N-ethyl adjacent to an activating group) is 1. The highest BCUT2D eigenvalue weighted by molar-refractivity contribution is 5.90. The molecule has 0 aliphatic rings. The summed E-state index contributed by atoms with van der Waals surface area (Å²) < 4.78 is 5.61. The number of hydrogen-bond donors (Lipinski definition) is 1. The number of H-pyrrole nitrogens is 1. The number of benzene rings is 1. The van der Waals surface area contributed by atoms with E-state index in [1.54, 1.807) is 18.9 Å². The lowest BCUT2D eigenvalue weighted by Crippen LogP contribution is -2.31. The number of aromatic amines is 1. The molecule has 0 spiro atoms. The Kier molecular flexibility index (Phi) is 4.34. The standard InChI is InChI=1S/C14H18N4O2/c1-10-5-4-6-12(9-10)20-8-7-18(3)14(19)13-15-11(2)16-17-13/h4-6,9H,7-8H2,1-3H3,(H,15,16,17). The van der Waals surface area contributed by atoms with Crippen molar-refractivity contribution in [1.82, 2.24) is 20.1 Å². The van der Waals surface area contributed by atoms with Crippen molar-refractivity contribution in [2.75, 3.05) is 20.2 Å². The number of nitrogens with one attached hydrogen (secondary N) is 1. The van der Waals surface area contributed by atoms with Crippen molar-refractivity contribution in [3.8, 4) is 5.75 Å². The summed E-state index contributed by atoms with van der Waals surface area (Å²) in [4.78, 5) is 17.5. The lowest BCUT2D eigenvalue weighted by Gasteiger charge is -2.15. The largest absolute Gasteiger partial charge is 0.492 e. The van der Waals surface area contributed by atoms with Gasteiger partial charge in [-0.25, -0.2) is 4.98 Å². The fourth-order valence-electron chi connectivity index (χ4n) is 1.72. The summed E-state index contributed by atoms with van der Waals surface area (Å²) in [6.07, 6.45) is 0. The Balaban J connectivity index is 1.83. The summed E-state index contributed by atoms with van der Waals surface area (Å²) in [7, 11) is 1.70. The zero-order valence-corrected chi connectivity index (χ0v) is 11.9. The predicted molar refractivity (Wildman–Crippen MR) is 74.8 cm³/mol. The van der Waals surface area contributed by atoms with Crippen LogP contribution in [-0.4, -0.2) is 46.2 Å². The molecule has 1 aromatic heterocycles. The first-order valence-electron chi connectivity index (χ1n) is 6.40. The van der Waals surface area contributed by atoms with Crippen molar-refractivity contribution in [2.24, 2.45) is 0 Å². The van der Waals surface area contributed by atoms with Crippen LogP contribution in [0.2, 0.25) is 0 Å². The van der Waals surface area contributed by atoms with Crippen LogP contribution in [0.1, 0.15) is 22.0 Å². The van der Waals surface area contributed by atoms with E-state index in [1.165, 1.54) is 0 Å². The van der Waals surface area contributed by atoms with E-state index in [9.17, 15) is 4.79 Å². The van der Waals surface area contributed by atoms with Gasteiger partial charge < -0.3 is 9.64 Å². The molecule has 1 N–H and O–H groups in total. The van der Waals surface area contributed by atoms with Gasteiger partial charge in [-0.2, -0.15) is 0 Å². The summed E-state index contributed by atoms with van der Waals surface area (Å²) in [5.41, 5.74) is 1.14. The number of rotatable bonds is 5. The topological polar surface area (TPSA) is 71.1 Å². The average molecular weight is 274 g/mol. The van der Waals surface area contributed by atoms with Gasteiger partial charge in [-0.15, -0.1) is 5.10 Å². The number of aromatic nitrogens is 3. The Bertz CT molecular complexity index is 594.